The fraction of sp³-hybridized carbons (Fsp3) is 1.00. The van der Waals surface area contributed by atoms with Gasteiger partial charge >= 0.3 is 0 Å². The molecule has 1 atom stereocenters. The summed E-state index contributed by atoms with van der Waals surface area (Å²) in [6, 6.07) is 0. The molecule has 0 unspecified atom stereocenters. The van der Waals surface area contributed by atoms with Crippen molar-refractivity contribution in [2.75, 3.05) is 13.2 Å². The first kappa shape index (κ1) is 7.53. The van der Waals surface area contributed by atoms with Gasteiger partial charge in [0, 0.05) is 12.8 Å². The van der Waals surface area contributed by atoms with Gasteiger partial charge in [-0.1, -0.05) is 0 Å². The molecule has 1 saturated heterocycles. The first-order valence-corrected chi connectivity index (χ1v) is 4.27. The molecule has 2 aliphatic rings. The van der Waals surface area contributed by atoms with Crippen molar-refractivity contribution >= 4 is 0 Å². The van der Waals surface area contributed by atoms with E-state index in [0.29, 0.717) is 6.61 Å². The smallest absolute Gasteiger partial charge is 0.169 e. The molecule has 1 N–H and O–H groups in total. The molecule has 1 aliphatic heterocycles. The maximum atomic E-state index is 8.80. The van der Waals surface area contributed by atoms with Crippen LogP contribution in [-0.4, -0.2) is 30.2 Å². The van der Waals surface area contributed by atoms with Crippen molar-refractivity contribution in [1.29, 1.82) is 0 Å². The number of aliphatic hydroxyl groups excluding tert-OH is 1. The summed E-state index contributed by atoms with van der Waals surface area (Å²) in [7, 11) is 0. The summed E-state index contributed by atoms with van der Waals surface area (Å²) in [5.41, 5.74) is 0. The van der Waals surface area contributed by atoms with Crippen molar-refractivity contribution in [1.82, 2.24) is 0 Å². The SMILES string of the molecule is OC[C@@H]1COC2(CCCC2)O1. The molecule has 0 radical (unpaired) electrons. The van der Waals surface area contributed by atoms with Crippen molar-refractivity contribution in [3.8, 4) is 0 Å². The Balaban J connectivity index is 1.96. The molecule has 3 heteroatoms. The third-order valence-electron chi connectivity index (χ3n) is 2.48. The van der Waals surface area contributed by atoms with E-state index in [1.165, 1.54) is 12.8 Å². The number of hydrogen-bond donors (Lipinski definition) is 1. The van der Waals surface area contributed by atoms with Crippen LogP contribution in [0.3, 0.4) is 0 Å². The maximum absolute atomic E-state index is 8.80. The number of hydrogen-bond acceptors (Lipinski definition) is 3. The molecule has 2 rings (SSSR count). The quantitative estimate of drug-likeness (QED) is 0.609. The van der Waals surface area contributed by atoms with Gasteiger partial charge in [0.1, 0.15) is 6.10 Å². The second-order valence-electron chi connectivity index (χ2n) is 3.35. The van der Waals surface area contributed by atoms with E-state index in [-0.39, 0.29) is 18.5 Å². The van der Waals surface area contributed by atoms with Crippen molar-refractivity contribution in [2.45, 2.75) is 37.6 Å². The van der Waals surface area contributed by atoms with Crippen LogP contribution >= 0.6 is 0 Å². The molecule has 1 spiro atoms. The fourth-order valence-corrected chi connectivity index (χ4v) is 1.88. The van der Waals surface area contributed by atoms with Gasteiger partial charge in [0.15, 0.2) is 5.79 Å². The molecule has 3 nitrogen and oxygen atoms in total. The predicted octanol–water partition coefficient (Wildman–Crippen LogP) is 0.664. The predicted molar refractivity (Wildman–Crippen MR) is 39.1 cm³/mol. The lowest BCUT2D eigenvalue weighted by Gasteiger charge is -2.21. The molecule has 0 aromatic heterocycles. The lowest BCUT2D eigenvalue weighted by atomic mass is 10.2. The van der Waals surface area contributed by atoms with Crippen LogP contribution in [0.1, 0.15) is 25.7 Å². The Hall–Kier alpha value is -0.120. The first-order chi connectivity index (χ1) is 5.35. The standard InChI is InChI=1S/C8H14O3/c9-5-7-6-10-8(11-7)3-1-2-4-8/h7,9H,1-6H2/t7-/m1/s1. The summed E-state index contributed by atoms with van der Waals surface area (Å²) < 4.78 is 11.1. The average Bonchev–Trinajstić information content (AvgIpc) is 2.62. The van der Waals surface area contributed by atoms with Crippen molar-refractivity contribution < 1.29 is 14.6 Å². The maximum Gasteiger partial charge on any atom is 0.169 e. The van der Waals surface area contributed by atoms with Crippen LogP contribution in [-0.2, 0) is 9.47 Å². The minimum atomic E-state index is -0.298. The minimum Gasteiger partial charge on any atom is -0.394 e. The zero-order chi connectivity index (χ0) is 7.73. The van der Waals surface area contributed by atoms with Gasteiger partial charge < -0.3 is 14.6 Å². The van der Waals surface area contributed by atoms with Crippen molar-refractivity contribution in [3.05, 3.63) is 0 Å². The highest BCUT2D eigenvalue weighted by atomic mass is 16.7. The Kier molecular flexibility index (Phi) is 1.87. The Labute approximate surface area is 66.3 Å². The Morgan fingerprint density at radius 3 is 2.64 bits per heavy atom. The Bertz CT molecular complexity index is 140. The van der Waals surface area contributed by atoms with Crippen LogP contribution in [0.25, 0.3) is 0 Å². The van der Waals surface area contributed by atoms with Crippen LogP contribution in [0.15, 0.2) is 0 Å². The molecule has 0 bridgehead atoms. The van der Waals surface area contributed by atoms with E-state index >= 15 is 0 Å². The molecule has 0 aromatic carbocycles. The lowest BCUT2D eigenvalue weighted by Crippen LogP contribution is -2.27. The van der Waals surface area contributed by atoms with Gasteiger partial charge in [0.2, 0.25) is 0 Å². The van der Waals surface area contributed by atoms with Gasteiger partial charge in [-0.05, 0) is 12.8 Å². The Morgan fingerprint density at radius 1 is 1.36 bits per heavy atom. The van der Waals surface area contributed by atoms with Crippen LogP contribution < -0.4 is 0 Å². The summed E-state index contributed by atoms with van der Waals surface area (Å²) in [5, 5.41) is 8.80. The molecule has 0 amide bonds. The van der Waals surface area contributed by atoms with Crippen LogP contribution in [0.4, 0.5) is 0 Å². The number of ether oxygens (including phenoxy) is 2. The molecular weight excluding hydrogens is 144 g/mol. The van der Waals surface area contributed by atoms with E-state index in [1.807, 2.05) is 0 Å². The molecule has 2 fully saturated rings. The molecule has 0 aromatic rings. The molecule has 1 heterocycles. The monoisotopic (exact) mass is 158 g/mol. The van der Waals surface area contributed by atoms with E-state index in [9.17, 15) is 0 Å². The van der Waals surface area contributed by atoms with Gasteiger partial charge in [-0.25, -0.2) is 0 Å². The zero-order valence-electron chi connectivity index (χ0n) is 6.58. The number of rotatable bonds is 1. The highest BCUT2D eigenvalue weighted by Gasteiger charge is 2.43. The van der Waals surface area contributed by atoms with Gasteiger partial charge in [-0.15, -0.1) is 0 Å². The average molecular weight is 158 g/mol. The van der Waals surface area contributed by atoms with Crippen LogP contribution in [0, 0.1) is 0 Å². The van der Waals surface area contributed by atoms with Gasteiger partial charge in [-0.3, -0.25) is 0 Å². The lowest BCUT2D eigenvalue weighted by molar-refractivity contribution is -0.165. The third kappa shape index (κ3) is 1.28. The largest absolute Gasteiger partial charge is 0.394 e. The van der Waals surface area contributed by atoms with E-state index in [1.54, 1.807) is 0 Å². The molecule has 64 valence electrons. The summed E-state index contributed by atoms with van der Waals surface area (Å²) in [6.07, 6.45) is 4.32. The summed E-state index contributed by atoms with van der Waals surface area (Å²) in [6.45, 7) is 0.651. The van der Waals surface area contributed by atoms with E-state index in [0.717, 1.165) is 12.8 Å². The van der Waals surface area contributed by atoms with E-state index in [2.05, 4.69) is 0 Å². The highest BCUT2D eigenvalue weighted by molar-refractivity contribution is 4.83. The molecule has 1 saturated carbocycles. The second-order valence-corrected chi connectivity index (χ2v) is 3.35. The third-order valence-corrected chi connectivity index (χ3v) is 2.48. The van der Waals surface area contributed by atoms with Gasteiger partial charge in [-0.2, -0.15) is 0 Å². The molecule has 11 heavy (non-hydrogen) atoms. The van der Waals surface area contributed by atoms with Crippen LogP contribution in [0.2, 0.25) is 0 Å². The zero-order valence-corrected chi connectivity index (χ0v) is 6.58. The summed E-state index contributed by atoms with van der Waals surface area (Å²) in [5.74, 6) is -0.298. The topological polar surface area (TPSA) is 38.7 Å². The van der Waals surface area contributed by atoms with Crippen molar-refractivity contribution in [2.24, 2.45) is 0 Å². The second kappa shape index (κ2) is 2.73. The number of aliphatic hydroxyl groups is 1. The summed E-state index contributed by atoms with van der Waals surface area (Å²) >= 11 is 0. The van der Waals surface area contributed by atoms with Gasteiger partial charge in [0.05, 0.1) is 13.2 Å². The first-order valence-electron chi connectivity index (χ1n) is 4.27. The fourth-order valence-electron chi connectivity index (χ4n) is 1.88. The minimum absolute atomic E-state index is 0.0758. The highest BCUT2D eigenvalue weighted by Crippen LogP contribution is 2.38. The van der Waals surface area contributed by atoms with Crippen molar-refractivity contribution in [3.63, 3.8) is 0 Å². The van der Waals surface area contributed by atoms with Crippen LogP contribution in [0.5, 0.6) is 0 Å². The Morgan fingerprint density at radius 2 is 2.09 bits per heavy atom. The normalized spacial score (nSPS) is 35.2. The van der Waals surface area contributed by atoms with E-state index in [4.69, 9.17) is 14.6 Å². The van der Waals surface area contributed by atoms with E-state index < -0.39 is 0 Å². The van der Waals surface area contributed by atoms with Gasteiger partial charge in [0.25, 0.3) is 0 Å². The molecular formula is C8H14O3. The summed E-state index contributed by atoms with van der Waals surface area (Å²) in [4.78, 5) is 0. The molecule has 1 aliphatic carbocycles.